The predicted molar refractivity (Wildman–Crippen MR) is 121 cm³/mol. The highest BCUT2D eigenvalue weighted by Crippen LogP contribution is 2.40. The first-order chi connectivity index (χ1) is 17.2. The minimum Gasteiger partial charge on any atom is -0.494 e. The van der Waals surface area contributed by atoms with Gasteiger partial charge in [-0.2, -0.15) is 5.10 Å². The Labute approximate surface area is 193 Å². The zero-order chi connectivity index (χ0) is 25.4. The number of carbonyl (C=O) groups excluding carboxylic acids is 1. The third kappa shape index (κ3) is 4.00. The molecule has 0 saturated heterocycles. The van der Waals surface area contributed by atoms with E-state index < -0.39 is 12.9 Å². The molecule has 0 radical (unpaired) electrons. The summed E-state index contributed by atoms with van der Waals surface area (Å²) in [7, 11) is 3.27. The van der Waals surface area contributed by atoms with Crippen LogP contribution < -0.4 is 15.4 Å². The van der Waals surface area contributed by atoms with Crippen molar-refractivity contribution in [3.05, 3.63) is 48.2 Å². The van der Waals surface area contributed by atoms with E-state index in [9.17, 15) is 4.79 Å². The number of H-pyrrole nitrogens is 1. The topological polar surface area (TPSA) is 136 Å². The lowest BCUT2D eigenvalue weighted by atomic mass is 10.1. The van der Waals surface area contributed by atoms with Crippen LogP contribution in [0.25, 0.3) is 22.9 Å². The molecule has 0 atom stereocenters. The number of imidazole rings is 1. The number of amides is 1. The Kier molecular flexibility index (Phi) is 4.37. The van der Waals surface area contributed by atoms with Crippen LogP contribution >= 0.6 is 0 Å². The van der Waals surface area contributed by atoms with Gasteiger partial charge in [0.2, 0.25) is 0 Å². The van der Waals surface area contributed by atoms with E-state index in [1.54, 1.807) is 48.5 Å². The van der Waals surface area contributed by atoms with Crippen LogP contribution in [-0.4, -0.2) is 54.9 Å². The maximum absolute atomic E-state index is 12.8. The summed E-state index contributed by atoms with van der Waals surface area (Å²) in [6.45, 7) is -2.70. The van der Waals surface area contributed by atoms with E-state index in [4.69, 9.17) is 8.85 Å². The van der Waals surface area contributed by atoms with Crippen molar-refractivity contribution in [3.63, 3.8) is 0 Å². The van der Waals surface area contributed by atoms with Crippen molar-refractivity contribution in [1.29, 1.82) is 0 Å². The molecule has 1 aromatic carbocycles. The lowest BCUT2D eigenvalue weighted by molar-refractivity contribution is 0.0958. The highest BCUT2D eigenvalue weighted by atomic mass is 16.5. The molecule has 0 aliphatic heterocycles. The molecule has 33 heavy (non-hydrogen) atoms. The second-order valence-corrected chi connectivity index (χ2v) is 7.66. The number of benzene rings is 1. The van der Waals surface area contributed by atoms with Crippen LogP contribution in [0.1, 0.15) is 39.1 Å². The molecule has 0 unspecified atom stereocenters. The van der Waals surface area contributed by atoms with Gasteiger partial charge in [-0.25, -0.2) is 9.97 Å². The van der Waals surface area contributed by atoms with Crippen LogP contribution in [0.3, 0.4) is 0 Å². The smallest absolute Gasteiger partial charge is 0.273 e. The Morgan fingerprint density at radius 3 is 2.88 bits per heavy atom. The van der Waals surface area contributed by atoms with Crippen molar-refractivity contribution < 1.29 is 13.6 Å². The summed E-state index contributed by atoms with van der Waals surface area (Å²) in [4.78, 5) is 24.7. The van der Waals surface area contributed by atoms with Gasteiger partial charge in [-0.1, -0.05) is 6.07 Å². The van der Waals surface area contributed by atoms with E-state index in [1.807, 2.05) is 5.32 Å². The standard InChI is InChI=1S/C22H23N9O2/c1-23-22(32)18-15(9-16(28-29-18)21-24-10-17(27-21)12-7-8-12)26-14-6-4-5-13(19(14)33-3)20-25-11-31(2)30-20/h4-6,9-12H,7-8H2,1-3H3,(H,23,32)(H,24,27)(H,26,28)/i1D3. The van der Waals surface area contributed by atoms with Crippen molar-refractivity contribution in [3.8, 4) is 28.7 Å². The fourth-order valence-electron chi connectivity index (χ4n) is 3.54. The van der Waals surface area contributed by atoms with Crippen LogP contribution in [0, 0.1) is 0 Å². The summed E-state index contributed by atoms with van der Waals surface area (Å²) in [5, 5.41) is 17.6. The highest BCUT2D eigenvalue weighted by Gasteiger charge is 2.26. The molecule has 1 amide bonds. The van der Waals surface area contributed by atoms with Crippen molar-refractivity contribution in [2.45, 2.75) is 18.8 Å². The summed E-state index contributed by atoms with van der Waals surface area (Å²) in [5.41, 5.74) is 2.53. The lowest BCUT2D eigenvalue weighted by Gasteiger charge is -2.15. The maximum Gasteiger partial charge on any atom is 0.273 e. The number of para-hydroxylation sites is 1. The van der Waals surface area contributed by atoms with Crippen molar-refractivity contribution >= 4 is 17.3 Å². The normalized spacial score (nSPS) is 14.8. The minimum atomic E-state index is -2.70. The zero-order valence-corrected chi connectivity index (χ0v) is 18.0. The lowest BCUT2D eigenvalue weighted by Crippen LogP contribution is -2.21. The van der Waals surface area contributed by atoms with Gasteiger partial charge >= 0.3 is 0 Å². The molecule has 0 spiro atoms. The number of aromatic nitrogens is 7. The SMILES string of the molecule is [2H]C([2H])([2H])NC(=O)c1nnc(-c2ncc(C3CC3)[nH]2)cc1Nc1cccc(-c2ncn(C)n2)c1OC. The molecule has 1 saturated carbocycles. The fourth-order valence-corrected chi connectivity index (χ4v) is 3.54. The minimum absolute atomic E-state index is 0.202. The molecule has 4 aromatic rings. The first kappa shape index (κ1) is 17.3. The van der Waals surface area contributed by atoms with Crippen molar-refractivity contribution in [2.75, 3.05) is 19.4 Å². The number of methoxy groups -OCH3 is 1. The van der Waals surface area contributed by atoms with Gasteiger partial charge in [-0.15, -0.1) is 10.2 Å². The number of rotatable bonds is 7. The van der Waals surface area contributed by atoms with E-state index in [0.29, 0.717) is 40.3 Å². The average Bonchev–Trinajstić information content (AvgIpc) is 3.39. The molecule has 3 aromatic heterocycles. The quantitative estimate of drug-likeness (QED) is 0.393. The molecule has 11 nitrogen and oxygen atoms in total. The first-order valence-corrected chi connectivity index (χ1v) is 10.3. The van der Waals surface area contributed by atoms with E-state index in [0.717, 1.165) is 18.5 Å². The van der Waals surface area contributed by atoms with Gasteiger partial charge in [0.1, 0.15) is 12.0 Å². The largest absolute Gasteiger partial charge is 0.494 e. The van der Waals surface area contributed by atoms with Crippen LogP contribution in [0.4, 0.5) is 11.4 Å². The van der Waals surface area contributed by atoms with Gasteiger partial charge in [0.15, 0.2) is 23.1 Å². The number of hydrogen-bond donors (Lipinski definition) is 3. The third-order valence-corrected chi connectivity index (χ3v) is 5.31. The van der Waals surface area contributed by atoms with Crippen LogP contribution in [0.2, 0.25) is 0 Å². The van der Waals surface area contributed by atoms with Crippen LogP contribution in [-0.2, 0) is 7.05 Å². The van der Waals surface area contributed by atoms with E-state index in [-0.39, 0.29) is 11.4 Å². The van der Waals surface area contributed by atoms with E-state index >= 15 is 0 Å². The molecule has 1 fully saturated rings. The molecule has 168 valence electrons. The number of hydrogen-bond acceptors (Lipinski definition) is 8. The maximum atomic E-state index is 12.8. The van der Waals surface area contributed by atoms with Gasteiger partial charge in [0.05, 0.1) is 24.0 Å². The number of anilines is 2. The number of nitrogens with one attached hydrogen (secondary N) is 3. The summed E-state index contributed by atoms with van der Waals surface area (Å²) < 4.78 is 29.4. The Bertz CT molecular complexity index is 1430. The number of aromatic amines is 1. The summed E-state index contributed by atoms with van der Waals surface area (Å²) in [6.07, 6.45) is 5.55. The van der Waals surface area contributed by atoms with Gasteiger partial charge in [0.25, 0.3) is 5.91 Å². The van der Waals surface area contributed by atoms with Gasteiger partial charge in [0, 0.05) is 35.9 Å². The zero-order valence-electron chi connectivity index (χ0n) is 21.0. The van der Waals surface area contributed by atoms with Gasteiger partial charge in [-0.3, -0.25) is 9.48 Å². The number of carbonyl (C=O) groups is 1. The Morgan fingerprint density at radius 1 is 1.27 bits per heavy atom. The number of nitrogens with zero attached hydrogens (tertiary/aromatic N) is 6. The van der Waals surface area contributed by atoms with Crippen LogP contribution in [0.15, 0.2) is 36.8 Å². The van der Waals surface area contributed by atoms with Crippen molar-refractivity contribution in [2.24, 2.45) is 7.05 Å². The first-order valence-electron chi connectivity index (χ1n) is 11.8. The molecule has 5 rings (SSSR count). The Balaban J connectivity index is 1.56. The third-order valence-electron chi connectivity index (χ3n) is 5.31. The molecular formula is C22H23N9O2. The molecule has 1 aliphatic carbocycles. The highest BCUT2D eigenvalue weighted by molar-refractivity contribution is 5.99. The van der Waals surface area contributed by atoms with Gasteiger partial charge in [-0.05, 0) is 31.0 Å². The average molecular weight is 449 g/mol. The second kappa shape index (κ2) is 8.34. The van der Waals surface area contributed by atoms with Crippen molar-refractivity contribution in [1.82, 2.24) is 40.2 Å². The Morgan fingerprint density at radius 2 is 2.15 bits per heavy atom. The molecule has 11 heteroatoms. The molecule has 3 heterocycles. The second-order valence-electron chi connectivity index (χ2n) is 7.66. The monoisotopic (exact) mass is 448 g/mol. The molecule has 0 bridgehead atoms. The van der Waals surface area contributed by atoms with Crippen LogP contribution in [0.5, 0.6) is 5.75 Å². The predicted octanol–water partition coefficient (Wildman–Crippen LogP) is 2.65. The van der Waals surface area contributed by atoms with Gasteiger partial charge < -0.3 is 20.4 Å². The molecule has 1 aliphatic rings. The van der Waals surface area contributed by atoms with E-state index in [1.165, 1.54) is 7.11 Å². The number of aryl methyl sites for hydroxylation is 1. The number of ether oxygens (including phenoxy) is 1. The Hall–Kier alpha value is -4.28. The van der Waals surface area contributed by atoms with E-state index in [2.05, 4.69) is 35.6 Å². The molecular weight excluding hydrogens is 422 g/mol. The fraction of sp³-hybridized carbons (Fsp3) is 0.273. The summed E-state index contributed by atoms with van der Waals surface area (Å²) in [5.74, 6) is 0.937. The molecule has 3 N–H and O–H groups in total. The summed E-state index contributed by atoms with van der Waals surface area (Å²) >= 11 is 0. The summed E-state index contributed by atoms with van der Waals surface area (Å²) in [6, 6.07) is 6.92.